The van der Waals surface area contributed by atoms with E-state index in [1.165, 1.54) is 0 Å². The molecule has 19 heavy (non-hydrogen) atoms. The highest BCUT2D eigenvalue weighted by Gasteiger charge is 2.50. The monoisotopic (exact) mass is 316 g/mol. The lowest BCUT2D eigenvalue weighted by atomic mass is 10.2. The molecule has 8 nitrogen and oxygen atoms in total. The van der Waals surface area contributed by atoms with Gasteiger partial charge in [0.15, 0.2) is 0 Å². The van der Waals surface area contributed by atoms with Gasteiger partial charge < -0.3 is 14.0 Å². The van der Waals surface area contributed by atoms with Crippen LogP contribution in [0.15, 0.2) is 0 Å². The molecule has 0 spiro atoms. The standard InChI is InChI=1S/C9H17O8PS/c1-15-8(10)6(17-19(12,13)14)7(9(11)16-2)18(3,4)5/h6-7H,1-5H3/t6-,7+/m1/s1. The van der Waals surface area contributed by atoms with Crippen molar-refractivity contribution in [1.82, 2.24) is 0 Å². The van der Waals surface area contributed by atoms with E-state index in [2.05, 4.69) is 13.7 Å². The summed E-state index contributed by atoms with van der Waals surface area (Å²) in [6, 6.07) is 0. The minimum absolute atomic E-state index is 0.833. The molecule has 0 unspecified atom stereocenters. The van der Waals surface area contributed by atoms with E-state index < -0.39 is 41.4 Å². The molecule has 0 aromatic rings. The second-order valence-electron chi connectivity index (χ2n) is 4.53. The van der Waals surface area contributed by atoms with Gasteiger partial charge in [-0.3, -0.25) is 4.18 Å². The summed E-state index contributed by atoms with van der Waals surface area (Å²) in [5.41, 5.74) is -1.20. The molecule has 0 aliphatic heterocycles. The molecule has 0 saturated carbocycles. The van der Waals surface area contributed by atoms with E-state index >= 15 is 0 Å². The van der Waals surface area contributed by atoms with Crippen LogP contribution < -0.4 is 0 Å². The average Bonchev–Trinajstić information content (AvgIpc) is 2.23. The lowest BCUT2D eigenvalue weighted by Gasteiger charge is -2.28. The Bertz CT molecular complexity index is 438. The summed E-state index contributed by atoms with van der Waals surface area (Å²) in [6.07, 6.45) is -1.84. The Labute approximate surface area is 112 Å². The third-order valence-electron chi connectivity index (χ3n) is 2.22. The van der Waals surface area contributed by atoms with Crippen molar-refractivity contribution in [2.24, 2.45) is 0 Å². The summed E-state index contributed by atoms with van der Waals surface area (Å²) < 4.78 is 45.1. The maximum atomic E-state index is 11.7. The van der Waals surface area contributed by atoms with E-state index in [-0.39, 0.29) is 0 Å². The number of hydrogen-bond acceptors (Lipinski definition) is 8. The number of esters is 2. The second kappa shape index (κ2) is 6.60. The third kappa shape index (κ3) is 5.82. The molecule has 0 aliphatic carbocycles. The van der Waals surface area contributed by atoms with Crippen molar-refractivity contribution in [3.05, 3.63) is 0 Å². The van der Waals surface area contributed by atoms with Gasteiger partial charge in [0.1, 0.15) is 0 Å². The zero-order chi connectivity index (χ0) is 15.4. The quantitative estimate of drug-likeness (QED) is 0.277. The fourth-order valence-corrected chi connectivity index (χ4v) is 3.69. The summed E-state index contributed by atoms with van der Waals surface area (Å²) in [7, 11) is -5.20. The highest BCUT2D eigenvalue weighted by Crippen LogP contribution is 2.54. The van der Waals surface area contributed by atoms with Crippen molar-refractivity contribution in [3.8, 4) is 0 Å². The number of carbonyl (C=O) groups excluding carboxylic acids is 2. The highest BCUT2D eigenvalue weighted by molar-refractivity contribution is 7.81. The molecule has 0 aromatic carbocycles. The summed E-state index contributed by atoms with van der Waals surface area (Å²) in [6.45, 7) is 5.02. The molecule has 0 saturated heterocycles. The van der Waals surface area contributed by atoms with Crippen LogP contribution in [-0.4, -0.2) is 70.9 Å². The van der Waals surface area contributed by atoms with E-state index in [0.717, 1.165) is 14.2 Å². The van der Waals surface area contributed by atoms with E-state index in [1.54, 1.807) is 20.0 Å². The molecule has 2 atom stereocenters. The largest absolute Gasteiger partial charge is 0.725 e. The first-order valence-electron chi connectivity index (χ1n) is 5.05. The summed E-state index contributed by atoms with van der Waals surface area (Å²) in [5, 5.41) is 0. The van der Waals surface area contributed by atoms with Gasteiger partial charge >= 0.3 is 11.9 Å². The van der Waals surface area contributed by atoms with Crippen LogP contribution in [0.4, 0.5) is 0 Å². The highest BCUT2D eigenvalue weighted by atomic mass is 32.3. The molecular formula is C9H17O8PS. The Morgan fingerprint density at radius 2 is 1.47 bits per heavy atom. The third-order valence-corrected chi connectivity index (χ3v) is 4.81. The molecule has 0 fully saturated rings. The van der Waals surface area contributed by atoms with Crippen LogP contribution in [0, 0.1) is 0 Å². The zero-order valence-electron chi connectivity index (χ0n) is 11.3. The van der Waals surface area contributed by atoms with E-state index in [9.17, 15) is 22.6 Å². The Morgan fingerprint density at radius 1 is 1.05 bits per heavy atom. The van der Waals surface area contributed by atoms with Crippen molar-refractivity contribution in [1.29, 1.82) is 0 Å². The summed E-state index contributed by atoms with van der Waals surface area (Å²) in [4.78, 5) is 23.3. The van der Waals surface area contributed by atoms with Gasteiger partial charge in [0.2, 0.25) is 22.2 Å². The molecular weight excluding hydrogens is 299 g/mol. The van der Waals surface area contributed by atoms with Gasteiger partial charge in [0, 0.05) is 27.3 Å². The number of hydrogen-bond donors (Lipinski definition) is 0. The summed E-state index contributed by atoms with van der Waals surface area (Å²) >= 11 is 0. The van der Waals surface area contributed by atoms with E-state index in [1.807, 2.05) is 0 Å². The zero-order valence-corrected chi connectivity index (χ0v) is 13.0. The smallest absolute Gasteiger partial charge is 0.350 e. The van der Waals surface area contributed by atoms with Crippen molar-refractivity contribution < 1.29 is 36.2 Å². The maximum absolute atomic E-state index is 11.7. The van der Waals surface area contributed by atoms with E-state index in [4.69, 9.17) is 0 Å². The minimum atomic E-state index is -5.17. The Balaban J connectivity index is 5.63. The predicted octanol–water partition coefficient (Wildman–Crippen LogP) is -0.547. The Kier molecular flexibility index (Phi) is 6.34. The molecule has 0 aromatic heterocycles. The number of ether oxygens (including phenoxy) is 2. The van der Waals surface area contributed by atoms with Crippen molar-refractivity contribution in [2.45, 2.75) is 11.8 Å². The molecule has 0 amide bonds. The van der Waals surface area contributed by atoms with Crippen LogP contribution in [0.1, 0.15) is 0 Å². The fourth-order valence-electron chi connectivity index (χ4n) is 1.43. The normalized spacial score (nSPS) is 15.5. The molecule has 0 N–H and O–H groups in total. The molecule has 0 rings (SSSR count). The van der Waals surface area contributed by atoms with Gasteiger partial charge in [-0.25, -0.2) is 18.0 Å². The number of methoxy groups -OCH3 is 2. The van der Waals surface area contributed by atoms with Crippen molar-refractivity contribution >= 4 is 29.6 Å². The van der Waals surface area contributed by atoms with Crippen LogP contribution >= 0.6 is 7.26 Å². The number of carbonyl (C=O) groups is 2. The van der Waals surface area contributed by atoms with Crippen LogP contribution in [0.25, 0.3) is 0 Å². The van der Waals surface area contributed by atoms with E-state index in [0.29, 0.717) is 0 Å². The topological polar surface area (TPSA) is 119 Å². The Hall–Kier alpha value is -0.760. The van der Waals surface area contributed by atoms with Crippen LogP contribution in [0.5, 0.6) is 0 Å². The van der Waals surface area contributed by atoms with Gasteiger partial charge in [-0.2, -0.15) is 0 Å². The minimum Gasteiger partial charge on any atom is -0.725 e. The number of rotatable bonds is 6. The van der Waals surface area contributed by atoms with Gasteiger partial charge in [-0.1, -0.05) is 0 Å². The van der Waals surface area contributed by atoms with Gasteiger partial charge in [-0.15, -0.1) is 0 Å². The lowest BCUT2D eigenvalue weighted by Crippen LogP contribution is -2.45. The van der Waals surface area contributed by atoms with Gasteiger partial charge in [0.05, 0.1) is 14.2 Å². The first-order chi connectivity index (χ1) is 8.44. The summed E-state index contributed by atoms with van der Waals surface area (Å²) in [5.74, 6) is -1.95. The van der Waals surface area contributed by atoms with Crippen LogP contribution in [0.2, 0.25) is 0 Å². The average molecular weight is 316 g/mol. The molecule has 0 radical (unpaired) electrons. The van der Waals surface area contributed by atoms with Gasteiger partial charge in [-0.05, 0) is 0 Å². The first kappa shape index (κ1) is 18.2. The maximum Gasteiger partial charge on any atom is 0.350 e. The fraction of sp³-hybridized carbons (Fsp3) is 0.778. The van der Waals surface area contributed by atoms with Crippen molar-refractivity contribution in [2.75, 3.05) is 34.2 Å². The lowest BCUT2D eigenvalue weighted by molar-refractivity contribution is -0.154. The molecule has 10 heteroatoms. The SMILES string of the molecule is COC(=O)[C@H]([C@@H](OS(=O)(=O)[O-])C(=O)OC)[P+](C)(C)C. The predicted molar refractivity (Wildman–Crippen MR) is 67.1 cm³/mol. The van der Waals surface area contributed by atoms with Crippen LogP contribution in [-0.2, 0) is 33.6 Å². The van der Waals surface area contributed by atoms with Crippen LogP contribution in [0.3, 0.4) is 0 Å². The van der Waals surface area contributed by atoms with Crippen molar-refractivity contribution in [3.63, 3.8) is 0 Å². The second-order valence-corrected chi connectivity index (χ2v) is 10.3. The molecule has 0 aliphatic rings. The molecule has 112 valence electrons. The van der Waals surface area contributed by atoms with Gasteiger partial charge in [0.25, 0.3) is 0 Å². The first-order valence-corrected chi connectivity index (χ1v) is 9.58. The molecule has 0 bridgehead atoms. The Morgan fingerprint density at radius 3 is 1.74 bits per heavy atom. The molecule has 0 heterocycles.